The van der Waals surface area contributed by atoms with E-state index in [1.165, 1.54) is 0 Å². The standard InChI is InChI=1S/C19H22F16/c1-3-5-6-7-8-9-10-11-13(22,23)15(26,27)17(30,31)19(34,35)18(32,33)16(28,29)14(24,25)12(20,21)4-2/h4H,2-3,5-11H2,1H3. The molecule has 0 aliphatic carbocycles. The van der Waals surface area contributed by atoms with Gasteiger partial charge in [-0.2, -0.15) is 70.2 Å². The van der Waals surface area contributed by atoms with Crippen LogP contribution in [-0.2, 0) is 0 Å². The minimum absolute atomic E-state index is 0.116. The third kappa shape index (κ3) is 5.49. The average molecular weight is 554 g/mol. The molecule has 0 amide bonds. The Morgan fingerprint density at radius 2 is 0.771 bits per heavy atom. The first-order chi connectivity index (χ1) is 15.4. The Morgan fingerprint density at radius 1 is 0.457 bits per heavy atom. The largest absolute Gasteiger partial charge is 0.385 e. The molecule has 0 spiro atoms. The van der Waals surface area contributed by atoms with Crippen molar-refractivity contribution in [2.24, 2.45) is 0 Å². The Bertz CT molecular complexity index is 695. The normalized spacial score (nSPS) is 15.5. The summed E-state index contributed by atoms with van der Waals surface area (Å²) in [5, 5.41) is 0. The molecule has 0 N–H and O–H groups in total. The molecule has 0 saturated heterocycles. The highest BCUT2D eigenvalue weighted by Gasteiger charge is 2.94. The number of unbranched alkanes of at least 4 members (excludes halogenated alkanes) is 6. The fourth-order valence-corrected chi connectivity index (χ4v) is 2.82. The van der Waals surface area contributed by atoms with Gasteiger partial charge in [0.2, 0.25) is 0 Å². The maximum absolute atomic E-state index is 13.8. The van der Waals surface area contributed by atoms with Gasteiger partial charge in [-0.1, -0.05) is 52.0 Å². The smallest absolute Gasteiger partial charge is 0.200 e. The van der Waals surface area contributed by atoms with E-state index in [4.69, 9.17) is 0 Å². The molecule has 16 heteroatoms. The molecule has 0 aromatic carbocycles. The van der Waals surface area contributed by atoms with E-state index in [9.17, 15) is 70.2 Å². The molecule has 0 rings (SSSR count). The molecule has 0 aromatic rings. The number of allylic oxidation sites excluding steroid dienone is 1. The van der Waals surface area contributed by atoms with Gasteiger partial charge in [0.25, 0.3) is 0 Å². The van der Waals surface area contributed by atoms with Crippen molar-refractivity contribution in [3.8, 4) is 0 Å². The van der Waals surface area contributed by atoms with Crippen molar-refractivity contribution in [3.63, 3.8) is 0 Å². The molecule has 0 saturated carbocycles. The van der Waals surface area contributed by atoms with Crippen LogP contribution in [0.2, 0.25) is 0 Å². The first-order valence-electron chi connectivity index (χ1n) is 10.0. The first-order valence-corrected chi connectivity index (χ1v) is 10.0. The Morgan fingerprint density at radius 3 is 1.14 bits per heavy atom. The number of halogens is 16. The lowest BCUT2D eigenvalue weighted by Gasteiger charge is -2.43. The molecule has 35 heavy (non-hydrogen) atoms. The van der Waals surface area contributed by atoms with E-state index < -0.39 is 66.3 Å². The third-order valence-corrected chi connectivity index (χ3v) is 5.20. The second-order valence-corrected chi connectivity index (χ2v) is 7.85. The Labute approximate surface area is 189 Å². The van der Waals surface area contributed by atoms with Gasteiger partial charge in [-0.3, -0.25) is 0 Å². The minimum Gasteiger partial charge on any atom is -0.200 e. The molecule has 0 aliphatic heterocycles. The molecule has 0 radical (unpaired) electrons. The highest BCUT2D eigenvalue weighted by Crippen LogP contribution is 2.64. The molecule has 0 nitrogen and oxygen atoms in total. The summed E-state index contributed by atoms with van der Waals surface area (Å²) in [4.78, 5) is 0. The summed E-state index contributed by atoms with van der Waals surface area (Å²) in [5.74, 6) is -60.7. The number of alkyl halides is 16. The van der Waals surface area contributed by atoms with Crippen molar-refractivity contribution >= 4 is 0 Å². The van der Waals surface area contributed by atoms with Crippen LogP contribution in [-0.4, -0.2) is 47.4 Å². The van der Waals surface area contributed by atoms with Crippen molar-refractivity contribution in [2.45, 2.75) is 106 Å². The van der Waals surface area contributed by atoms with Crippen LogP contribution < -0.4 is 0 Å². The minimum atomic E-state index is -8.38. The number of hydrogen-bond donors (Lipinski definition) is 0. The van der Waals surface area contributed by atoms with Crippen molar-refractivity contribution in [3.05, 3.63) is 12.7 Å². The predicted octanol–water partition coefficient (Wildman–Crippen LogP) is 9.40. The zero-order chi connectivity index (χ0) is 28.4. The van der Waals surface area contributed by atoms with Crippen LogP contribution >= 0.6 is 0 Å². The van der Waals surface area contributed by atoms with E-state index in [-0.39, 0.29) is 12.8 Å². The van der Waals surface area contributed by atoms with E-state index in [0.717, 1.165) is 6.42 Å². The van der Waals surface area contributed by atoms with Gasteiger partial charge in [-0.15, -0.1) is 0 Å². The summed E-state index contributed by atoms with van der Waals surface area (Å²) in [6.07, 6.45) is -2.45. The number of hydrogen-bond acceptors (Lipinski definition) is 0. The monoisotopic (exact) mass is 554 g/mol. The van der Waals surface area contributed by atoms with Crippen LogP contribution in [0.1, 0.15) is 58.3 Å². The van der Waals surface area contributed by atoms with Crippen LogP contribution in [0, 0.1) is 0 Å². The molecule has 0 aliphatic rings. The van der Waals surface area contributed by atoms with Gasteiger partial charge in [0.1, 0.15) is 0 Å². The second-order valence-electron chi connectivity index (χ2n) is 7.85. The van der Waals surface area contributed by atoms with E-state index in [2.05, 4.69) is 0 Å². The van der Waals surface area contributed by atoms with Crippen molar-refractivity contribution in [1.29, 1.82) is 0 Å². The van der Waals surface area contributed by atoms with Gasteiger partial charge in [-0.25, -0.2) is 0 Å². The average Bonchev–Trinajstić information content (AvgIpc) is 2.71. The van der Waals surface area contributed by atoms with E-state index in [1.807, 2.05) is 13.5 Å². The Kier molecular flexibility index (Phi) is 10.1. The molecule has 0 bridgehead atoms. The van der Waals surface area contributed by atoms with Gasteiger partial charge in [0.05, 0.1) is 0 Å². The summed E-state index contributed by atoms with van der Waals surface area (Å²) < 4.78 is 216. The Hall–Kier alpha value is -1.38. The summed E-state index contributed by atoms with van der Waals surface area (Å²) in [7, 11) is 0. The summed E-state index contributed by atoms with van der Waals surface area (Å²) in [6.45, 7) is 3.68. The maximum atomic E-state index is 13.8. The quantitative estimate of drug-likeness (QED) is 0.101. The van der Waals surface area contributed by atoms with Gasteiger partial charge in [0, 0.05) is 6.42 Å². The lowest BCUT2D eigenvalue weighted by Crippen LogP contribution is -2.74. The van der Waals surface area contributed by atoms with Crippen LogP contribution in [0.25, 0.3) is 0 Å². The lowest BCUT2D eigenvalue weighted by atomic mass is 9.86. The van der Waals surface area contributed by atoms with Crippen LogP contribution in [0.3, 0.4) is 0 Å². The molecule has 0 unspecified atom stereocenters. The predicted molar refractivity (Wildman–Crippen MR) is 92.4 cm³/mol. The molecule has 0 atom stereocenters. The van der Waals surface area contributed by atoms with Crippen LogP contribution in [0.15, 0.2) is 12.7 Å². The van der Waals surface area contributed by atoms with E-state index in [0.29, 0.717) is 19.3 Å². The van der Waals surface area contributed by atoms with Gasteiger partial charge >= 0.3 is 47.4 Å². The highest BCUT2D eigenvalue weighted by atomic mass is 19.4. The third-order valence-electron chi connectivity index (χ3n) is 5.20. The molecule has 0 aromatic heterocycles. The second kappa shape index (κ2) is 10.5. The molecule has 0 fully saturated rings. The fourth-order valence-electron chi connectivity index (χ4n) is 2.82. The first kappa shape index (κ1) is 33.6. The van der Waals surface area contributed by atoms with Crippen LogP contribution in [0.4, 0.5) is 70.2 Å². The van der Waals surface area contributed by atoms with Gasteiger partial charge in [-0.05, 0) is 12.5 Å². The zero-order valence-electron chi connectivity index (χ0n) is 18.0. The van der Waals surface area contributed by atoms with Crippen molar-refractivity contribution < 1.29 is 70.2 Å². The maximum Gasteiger partial charge on any atom is 0.385 e. The SMILES string of the molecule is C=CC(F)(F)C(F)(F)C(F)(F)C(F)(F)C(F)(F)C(F)(F)C(F)(F)C(F)(F)CCCCCCCCC. The molecule has 0 heterocycles. The van der Waals surface area contributed by atoms with Crippen molar-refractivity contribution in [1.82, 2.24) is 0 Å². The van der Waals surface area contributed by atoms with Gasteiger partial charge in [0.15, 0.2) is 0 Å². The van der Waals surface area contributed by atoms with E-state index >= 15 is 0 Å². The van der Waals surface area contributed by atoms with E-state index in [1.54, 1.807) is 0 Å². The highest BCUT2D eigenvalue weighted by molar-refractivity contribution is 5.17. The topological polar surface area (TPSA) is 0 Å². The Balaban J connectivity index is 6.07. The lowest BCUT2D eigenvalue weighted by molar-refractivity contribution is -0.451. The van der Waals surface area contributed by atoms with Gasteiger partial charge < -0.3 is 0 Å². The fraction of sp³-hybridized carbons (Fsp3) is 0.895. The summed E-state index contributed by atoms with van der Waals surface area (Å²) in [5.41, 5.74) is 0. The molecule has 210 valence electrons. The van der Waals surface area contributed by atoms with Crippen molar-refractivity contribution in [2.75, 3.05) is 0 Å². The van der Waals surface area contributed by atoms with Crippen LogP contribution in [0.5, 0.6) is 0 Å². The summed E-state index contributed by atoms with van der Waals surface area (Å²) in [6, 6.07) is 0. The summed E-state index contributed by atoms with van der Waals surface area (Å²) >= 11 is 0. The molecular formula is C19H22F16. The molecular weight excluding hydrogens is 532 g/mol. The number of rotatable bonds is 16. The zero-order valence-corrected chi connectivity index (χ0v) is 18.0.